The summed E-state index contributed by atoms with van der Waals surface area (Å²) in [6.45, 7) is 0.897. The molecule has 24 heavy (non-hydrogen) atoms. The summed E-state index contributed by atoms with van der Waals surface area (Å²) >= 11 is 0. The van der Waals surface area contributed by atoms with Crippen LogP contribution in [0.5, 0.6) is 0 Å². The van der Waals surface area contributed by atoms with E-state index in [2.05, 4.69) is 5.10 Å². The van der Waals surface area contributed by atoms with E-state index >= 15 is 0 Å². The lowest BCUT2D eigenvalue weighted by atomic mass is 10.2. The molecule has 1 amide bonds. The molecule has 0 spiro atoms. The van der Waals surface area contributed by atoms with Crippen LogP contribution in [0.4, 0.5) is 4.39 Å². The second-order valence-electron chi connectivity index (χ2n) is 5.81. The van der Waals surface area contributed by atoms with Gasteiger partial charge in [-0.1, -0.05) is 18.2 Å². The first-order valence-electron chi connectivity index (χ1n) is 7.51. The molecule has 1 aromatic heterocycles. The standard InChI is InChI=1S/C16H16FN3O4/c1-9(21)15-11-4-2-3-5-12(11)20(18-15)8-14(22)19-7-10(17)6-13(19)16(23)24/h2-5,10,13H,6-8H2,1H3,(H,23,24)/t10-,13+/m1/s1. The molecule has 0 saturated carbocycles. The molecule has 7 nitrogen and oxygen atoms in total. The Labute approximate surface area is 136 Å². The van der Waals surface area contributed by atoms with Crippen molar-refractivity contribution in [2.24, 2.45) is 0 Å². The number of nitrogens with zero attached hydrogens (tertiary/aromatic N) is 3. The lowest BCUT2D eigenvalue weighted by Crippen LogP contribution is -2.42. The number of amides is 1. The van der Waals surface area contributed by atoms with Crippen molar-refractivity contribution in [1.82, 2.24) is 14.7 Å². The zero-order valence-corrected chi connectivity index (χ0v) is 13.0. The number of rotatable bonds is 4. The van der Waals surface area contributed by atoms with Crippen LogP contribution >= 0.6 is 0 Å². The number of Topliss-reactive ketones (excluding diaryl/α,β-unsaturated/α-hetero) is 1. The van der Waals surface area contributed by atoms with Crippen LogP contribution in [0.25, 0.3) is 10.9 Å². The van der Waals surface area contributed by atoms with E-state index in [0.717, 1.165) is 4.90 Å². The topological polar surface area (TPSA) is 92.5 Å². The Hall–Kier alpha value is -2.77. The number of benzene rings is 1. The molecular formula is C16H16FN3O4. The molecule has 1 aromatic carbocycles. The molecule has 0 unspecified atom stereocenters. The molecule has 0 radical (unpaired) electrons. The van der Waals surface area contributed by atoms with E-state index in [1.165, 1.54) is 11.6 Å². The number of carbonyl (C=O) groups is 3. The molecule has 0 bridgehead atoms. The zero-order valence-electron chi connectivity index (χ0n) is 13.0. The maximum Gasteiger partial charge on any atom is 0.326 e. The molecular weight excluding hydrogens is 317 g/mol. The van der Waals surface area contributed by atoms with Gasteiger partial charge in [0.05, 0.1) is 12.1 Å². The first kappa shape index (κ1) is 16.1. The van der Waals surface area contributed by atoms with Crippen LogP contribution in [-0.4, -0.2) is 56.2 Å². The van der Waals surface area contributed by atoms with Gasteiger partial charge in [-0.05, 0) is 6.07 Å². The molecule has 1 saturated heterocycles. The van der Waals surface area contributed by atoms with Gasteiger partial charge in [0.25, 0.3) is 0 Å². The van der Waals surface area contributed by atoms with Crippen molar-refractivity contribution in [3.05, 3.63) is 30.0 Å². The van der Waals surface area contributed by atoms with Crippen molar-refractivity contribution in [1.29, 1.82) is 0 Å². The highest BCUT2D eigenvalue weighted by atomic mass is 19.1. The van der Waals surface area contributed by atoms with Crippen molar-refractivity contribution in [3.8, 4) is 0 Å². The van der Waals surface area contributed by atoms with Gasteiger partial charge in [-0.2, -0.15) is 5.10 Å². The van der Waals surface area contributed by atoms with Crippen LogP contribution in [0.15, 0.2) is 24.3 Å². The lowest BCUT2D eigenvalue weighted by molar-refractivity contribution is -0.148. The molecule has 1 aliphatic heterocycles. The summed E-state index contributed by atoms with van der Waals surface area (Å²) in [6, 6.07) is 5.80. The van der Waals surface area contributed by atoms with E-state index in [1.54, 1.807) is 24.3 Å². The molecule has 1 aliphatic rings. The minimum Gasteiger partial charge on any atom is -0.480 e. The summed E-state index contributed by atoms with van der Waals surface area (Å²) in [5.41, 5.74) is 0.844. The summed E-state index contributed by atoms with van der Waals surface area (Å²) in [6.07, 6.45) is -1.56. The van der Waals surface area contributed by atoms with Gasteiger partial charge in [0, 0.05) is 18.7 Å². The second kappa shape index (κ2) is 6.03. The summed E-state index contributed by atoms with van der Waals surface area (Å²) < 4.78 is 14.9. The van der Waals surface area contributed by atoms with Crippen LogP contribution in [-0.2, 0) is 16.1 Å². The lowest BCUT2D eigenvalue weighted by Gasteiger charge is -2.21. The predicted octanol–water partition coefficient (Wildman–Crippen LogP) is 1.26. The molecule has 2 aromatic rings. The van der Waals surface area contributed by atoms with E-state index in [9.17, 15) is 18.8 Å². The number of likely N-dealkylation sites (tertiary alicyclic amines) is 1. The van der Waals surface area contributed by atoms with Crippen molar-refractivity contribution in [2.45, 2.75) is 32.1 Å². The summed E-state index contributed by atoms with van der Waals surface area (Å²) in [5, 5.41) is 13.9. The fraction of sp³-hybridized carbons (Fsp3) is 0.375. The molecule has 2 heterocycles. The average Bonchev–Trinajstić information content (AvgIpc) is 3.09. The largest absolute Gasteiger partial charge is 0.480 e. The number of halogens is 1. The Morgan fingerprint density at radius 1 is 1.33 bits per heavy atom. The molecule has 3 rings (SSSR count). The number of fused-ring (bicyclic) bond motifs is 1. The quantitative estimate of drug-likeness (QED) is 0.851. The molecule has 0 aliphatic carbocycles. The monoisotopic (exact) mass is 333 g/mol. The number of aromatic nitrogens is 2. The van der Waals surface area contributed by atoms with E-state index in [4.69, 9.17) is 5.11 Å². The Kier molecular flexibility index (Phi) is 4.04. The molecule has 1 N–H and O–H groups in total. The van der Waals surface area contributed by atoms with Crippen LogP contribution in [0.3, 0.4) is 0 Å². The summed E-state index contributed by atoms with van der Waals surface area (Å²) in [7, 11) is 0. The Morgan fingerprint density at radius 2 is 2.04 bits per heavy atom. The number of alkyl halides is 1. The Morgan fingerprint density at radius 3 is 2.71 bits per heavy atom. The van der Waals surface area contributed by atoms with Crippen molar-refractivity contribution < 1.29 is 23.9 Å². The maximum atomic E-state index is 13.5. The minimum absolute atomic E-state index is 0.209. The zero-order chi connectivity index (χ0) is 17.4. The average molecular weight is 333 g/mol. The number of hydrogen-bond acceptors (Lipinski definition) is 4. The number of carboxylic acid groups (broad SMARTS) is 1. The SMILES string of the molecule is CC(=O)c1nn(CC(=O)N2C[C@H](F)C[C@H]2C(=O)O)c2ccccc12. The van der Waals surface area contributed by atoms with Crippen LogP contribution in [0, 0.1) is 0 Å². The smallest absolute Gasteiger partial charge is 0.326 e. The van der Waals surface area contributed by atoms with Gasteiger partial charge in [0.15, 0.2) is 5.78 Å². The van der Waals surface area contributed by atoms with E-state index in [-0.39, 0.29) is 31.0 Å². The van der Waals surface area contributed by atoms with Gasteiger partial charge >= 0.3 is 5.97 Å². The van der Waals surface area contributed by atoms with Crippen molar-refractivity contribution >= 4 is 28.6 Å². The van der Waals surface area contributed by atoms with Gasteiger partial charge in [-0.3, -0.25) is 14.3 Å². The highest BCUT2D eigenvalue weighted by Crippen LogP contribution is 2.23. The van der Waals surface area contributed by atoms with Crippen molar-refractivity contribution in [2.75, 3.05) is 6.54 Å². The van der Waals surface area contributed by atoms with Gasteiger partial charge in [-0.25, -0.2) is 9.18 Å². The maximum absolute atomic E-state index is 13.5. The first-order chi connectivity index (χ1) is 11.4. The number of ketones is 1. The van der Waals surface area contributed by atoms with Gasteiger partial charge < -0.3 is 10.0 Å². The van der Waals surface area contributed by atoms with Crippen LogP contribution < -0.4 is 0 Å². The molecule has 126 valence electrons. The highest BCUT2D eigenvalue weighted by molar-refractivity contribution is 6.05. The third-order valence-electron chi connectivity index (χ3n) is 4.13. The van der Waals surface area contributed by atoms with E-state index in [0.29, 0.717) is 10.9 Å². The summed E-state index contributed by atoms with van der Waals surface area (Å²) in [4.78, 5) is 36.4. The second-order valence-corrected chi connectivity index (χ2v) is 5.81. The Balaban J connectivity index is 1.91. The molecule has 2 atom stereocenters. The number of carboxylic acids is 1. The fourth-order valence-corrected chi connectivity index (χ4v) is 3.02. The predicted molar refractivity (Wildman–Crippen MR) is 82.4 cm³/mol. The van der Waals surface area contributed by atoms with Gasteiger partial charge in [0.2, 0.25) is 5.91 Å². The third kappa shape index (κ3) is 2.75. The third-order valence-corrected chi connectivity index (χ3v) is 4.13. The van der Waals surface area contributed by atoms with Crippen LogP contribution in [0.2, 0.25) is 0 Å². The highest BCUT2D eigenvalue weighted by Gasteiger charge is 2.39. The fourth-order valence-electron chi connectivity index (χ4n) is 3.02. The summed E-state index contributed by atoms with van der Waals surface area (Å²) in [5.74, 6) is -1.99. The molecule has 8 heteroatoms. The number of carbonyl (C=O) groups excluding carboxylic acids is 2. The number of para-hydroxylation sites is 1. The van der Waals surface area contributed by atoms with Crippen LogP contribution in [0.1, 0.15) is 23.8 Å². The van der Waals surface area contributed by atoms with Crippen molar-refractivity contribution in [3.63, 3.8) is 0 Å². The van der Waals surface area contributed by atoms with Gasteiger partial charge in [-0.15, -0.1) is 0 Å². The first-order valence-corrected chi connectivity index (χ1v) is 7.51. The van der Waals surface area contributed by atoms with Gasteiger partial charge in [0.1, 0.15) is 24.5 Å². The minimum atomic E-state index is -1.35. The number of hydrogen-bond donors (Lipinski definition) is 1. The Bertz CT molecular complexity index is 832. The van der Waals surface area contributed by atoms with E-state index < -0.39 is 24.1 Å². The molecule has 1 fully saturated rings. The normalized spacial score (nSPS) is 20.5. The number of aliphatic carboxylic acids is 1. The van der Waals surface area contributed by atoms with E-state index in [1.807, 2.05) is 0 Å².